The zero-order valence-corrected chi connectivity index (χ0v) is 12.9. The van der Waals surface area contributed by atoms with Crippen molar-refractivity contribution in [1.29, 1.82) is 0 Å². The molecule has 0 saturated heterocycles. The lowest BCUT2D eigenvalue weighted by atomic mass is 10.2. The molecule has 6 heteroatoms. The maximum atomic E-state index is 11.3. The molecule has 1 N–H and O–H groups in total. The summed E-state index contributed by atoms with van der Waals surface area (Å²) in [4.78, 5) is 0.291. The Hall–Kier alpha value is -1.79. The Labute approximate surface area is 124 Å². The standard InChI is InChI=1S/C15H19NO4S/c1-12(15-4-3-10-20-15)16-9-11-19-13-5-7-14(8-6-13)21(2,17)18/h3-8,10,12,16H,9,11H2,1-2H3. The average molecular weight is 309 g/mol. The normalized spacial score (nSPS) is 13.0. The van der Waals surface area contributed by atoms with Crippen LogP contribution in [0.15, 0.2) is 52.0 Å². The van der Waals surface area contributed by atoms with Crippen LogP contribution >= 0.6 is 0 Å². The highest BCUT2D eigenvalue weighted by atomic mass is 32.2. The number of nitrogens with one attached hydrogen (secondary N) is 1. The fourth-order valence-corrected chi connectivity index (χ4v) is 2.50. The number of hydrogen-bond acceptors (Lipinski definition) is 5. The van der Waals surface area contributed by atoms with Gasteiger partial charge >= 0.3 is 0 Å². The van der Waals surface area contributed by atoms with Crippen molar-refractivity contribution in [3.8, 4) is 5.75 Å². The van der Waals surface area contributed by atoms with Crippen molar-refractivity contribution in [3.63, 3.8) is 0 Å². The van der Waals surface area contributed by atoms with Crippen LogP contribution in [0.2, 0.25) is 0 Å². The van der Waals surface area contributed by atoms with Crippen molar-refractivity contribution >= 4 is 9.84 Å². The molecule has 0 aliphatic carbocycles. The molecular weight excluding hydrogens is 290 g/mol. The number of ether oxygens (including phenoxy) is 1. The summed E-state index contributed by atoms with van der Waals surface area (Å²) in [5.41, 5.74) is 0. The van der Waals surface area contributed by atoms with Gasteiger partial charge in [-0.15, -0.1) is 0 Å². The predicted molar refractivity (Wildman–Crippen MR) is 80.2 cm³/mol. The maximum Gasteiger partial charge on any atom is 0.175 e. The van der Waals surface area contributed by atoms with Gasteiger partial charge in [0.25, 0.3) is 0 Å². The van der Waals surface area contributed by atoms with E-state index in [-0.39, 0.29) is 6.04 Å². The fourth-order valence-electron chi connectivity index (χ4n) is 1.87. The van der Waals surface area contributed by atoms with Crippen LogP contribution in [0.5, 0.6) is 5.75 Å². The lowest BCUT2D eigenvalue weighted by Gasteiger charge is -2.12. The zero-order valence-electron chi connectivity index (χ0n) is 12.1. The summed E-state index contributed by atoms with van der Waals surface area (Å²) in [6.07, 6.45) is 2.83. The molecule has 0 fully saturated rings. The van der Waals surface area contributed by atoms with E-state index in [2.05, 4.69) is 5.32 Å². The van der Waals surface area contributed by atoms with Crippen LogP contribution in [-0.4, -0.2) is 27.8 Å². The topological polar surface area (TPSA) is 68.5 Å². The van der Waals surface area contributed by atoms with Crippen LogP contribution in [0.1, 0.15) is 18.7 Å². The van der Waals surface area contributed by atoms with E-state index in [9.17, 15) is 8.42 Å². The van der Waals surface area contributed by atoms with Crippen molar-refractivity contribution in [3.05, 3.63) is 48.4 Å². The molecule has 0 aliphatic heterocycles. The first-order valence-electron chi connectivity index (χ1n) is 6.66. The molecule has 1 heterocycles. The van der Waals surface area contributed by atoms with Crippen LogP contribution in [0.25, 0.3) is 0 Å². The van der Waals surface area contributed by atoms with Gasteiger partial charge < -0.3 is 14.5 Å². The average Bonchev–Trinajstić information content (AvgIpc) is 2.97. The first kappa shape index (κ1) is 15.6. The monoisotopic (exact) mass is 309 g/mol. The Morgan fingerprint density at radius 1 is 1.24 bits per heavy atom. The summed E-state index contributed by atoms with van der Waals surface area (Å²) in [6, 6.07) is 10.3. The molecule has 0 spiro atoms. The van der Waals surface area contributed by atoms with Gasteiger partial charge in [-0.05, 0) is 43.3 Å². The van der Waals surface area contributed by atoms with Crippen molar-refractivity contribution in [1.82, 2.24) is 5.32 Å². The second kappa shape index (κ2) is 6.78. The first-order valence-corrected chi connectivity index (χ1v) is 8.55. The molecule has 0 aliphatic rings. The van der Waals surface area contributed by atoms with E-state index < -0.39 is 9.84 Å². The van der Waals surface area contributed by atoms with Crippen molar-refractivity contribution in [2.24, 2.45) is 0 Å². The number of benzene rings is 1. The molecule has 1 atom stereocenters. The molecule has 0 saturated carbocycles. The summed E-state index contributed by atoms with van der Waals surface area (Å²) >= 11 is 0. The van der Waals surface area contributed by atoms with Gasteiger partial charge in [-0.2, -0.15) is 0 Å². The summed E-state index contributed by atoms with van der Waals surface area (Å²) < 4.78 is 33.5. The minimum absolute atomic E-state index is 0.121. The Balaban J connectivity index is 1.76. The molecule has 0 amide bonds. The van der Waals surface area contributed by atoms with E-state index in [0.717, 1.165) is 5.76 Å². The molecule has 21 heavy (non-hydrogen) atoms. The van der Waals surface area contributed by atoms with Gasteiger partial charge in [0.1, 0.15) is 18.1 Å². The molecule has 1 unspecified atom stereocenters. The molecule has 2 aromatic rings. The largest absolute Gasteiger partial charge is 0.492 e. The molecule has 2 rings (SSSR count). The molecule has 1 aromatic heterocycles. The molecular formula is C15H19NO4S. The Morgan fingerprint density at radius 2 is 1.95 bits per heavy atom. The highest BCUT2D eigenvalue weighted by Crippen LogP contribution is 2.16. The lowest BCUT2D eigenvalue weighted by Crippen LogP contribution is -2.24. The molecule has 114 valence electrons. The van der Waals surface area contributed by atoms with Crippen molar-refractivity contribution in [2.45, 2.75) is 17.9 Å². The minimum atomic E-state index is -3.16. The molecule has 0 radical (unpaired) electrons. The van der Waals surface area contributed by atoms with Gasteiger partial charge in [-0.3, -0.25) is 0 Å². The lowest BCUT2D eigenvalue weighted by molar-refractivity contribution is 0.301. The van der Waals surface area contributed by atoms with Crippen molar-refractivity contribution < 1.29 is 17.6 Å². The Kier molecular flexibility index (Phi) is 5.03. The fraction of sp³-hybridized carbons (Fsp3) is 0.333. The number of rotatable bonds is 7. The van der Waals surface area contributed by atoms with E-state index >= 15 is 0 Å². The summed E-state index contributed by atoms with van der Waals surface area (Å²) in [6.45, 7) is 3.17. The maximum absolute atomic E-state index is 11.3. The highest BCUT2D eigenvalue weighted by Gasteiger charge is 2.08. The van der Waals surface area contributed by atoms with E-state index in [0.29, 0.717) is 23.8 Å². The first-order chi connectivity index (χ1) is 9.97. The third kappa shape index (κ3) is 4.61. The Bertz CT molecular complexity index is 647. The second-order valence-corrected chi connectivity index (χ2v) is 6.80. The number of hydrogen-bond donors (Lipinski definition) is 1. The van der Waals surface area contributed by atoms with Crippen LogP contribution in [0.4, 0.5) is 0 Å². The molecule has 5 nitrogen and oxygen atoms in total. The van der Waals surface area contributed by atoms with E-state index in [1.54, 1.807) is 30.5 Å². The number of furan rings is 1. The van der Waals surface area contributed by atoms with Gasteiger partial charge in [0.15, 0.2) is 9.84 Å². The van der Waals surface area contributed by atoms with Crippen LogP contribution in [0.3, 0.4) is 0 Å². The predicted octanol–water partition coefficient (Wildman–Crippen LogP) is 2.41. The van der Waals surface area contributed by atoms with Crippen molar-refractivity contribution in [2.75, 3.05) is 19.4 Å². The van der Waals surface area contributed by atoms with Gasteiger partial charge in [0.2, 0.25) is 0 Å². The van der Waals surface area contributed by atoms with E-state index in [1.807, 2.05) is 19.1 Å². The zero-order chi connectivity index (χ0) is 15.3. The summed E-state index contributed by atoms with van der Waals surface area (Å²) in [5, 5.41) is 3.28. The molecule has 1 aromatic carbocycles. The quantitative estimate of drug-likeness (QED) is 0.796. The third-order valence-corrected chi connectivity index (χ3v) is 4.17. The van der Waals surface area contributed by atoms with Crippen LogP contribution < -0.4 is 10.1 Å². The van der Waals surface area contributed by atoms with Crippen LogP contribution in [-0.2, 0) is 9.84 Å². The van der Waals surface area contributed by atoms with Gasteiger partial charge in [0.05, 0.1) is 17.2 Å². The third-order valence-electron chi connectivity index (χ3n) is 3.04. The second-order valence-electron chi connectivity index (χ2n) is 4.78. The summed E-state index contributed by atoms with van der Waals surface area (Å²) in [7, 11) is -3.16. The van der Waals surface area contributed by atoms with Gasteiger partial charge in [-0.25, -0.2) is 8.42 Å². The van der Waals surface area contributed by atoms with Gasteiger partial charge in [-0.1, -0.05) is 0 Å². The van der Waals surface area contributed by atoms with E-state index in [4.69, 9.17) is 9.15 Å². The van der Waals surface area contributed by atoms with E-state index in [1.165, 1.54) is 6.26 Å². The highest BCUT2D eigenvalue weighted by molar-refractivity contribution is 7.90. The Morgan fingerprint density at radius 3 is 2.52 bits per heavy atom. The van der Waals surface area contributed by atoms with Gasteiger partial charge in [0, 0.05) is 12.8 Å². The molecule has 0 bridgehead atoms. The smallest absolute Gasteiger partial charge is 0.175 e. The summed E-state index contributed by atoms with van der Waals surface area (Å²) in [5.74, 6) is 1.53. The SMILES string of the molecule is CC(NCCOc1ccc(S(C)(=O)=O)cc1)c1ccco1. The van der Waals surface area contributed by atoms with Crippen LogP contribution in [0, 0.1) is 0 Å². The number of sulfone groups is 1. The minimum Gasteiger partial charge on any atom is -0.492 e.